The summed E-state index contributed by atoms with van der Waals surface area (Å²) >= 11 is 0. The molecule has 3 aromatic rings. The fourth-order valence-electron chi connectivity index (χ4n) is 3.71. The van der Waals surface area contributed by atoms with Crippen LogP contribution in [0, 0.1) is 10.1 Å². The Morgan fingerprint density at radius 3 is 2.12 bits per heavy atom. The molecule has 0 saturated carbocycles. The third-order valence-corrected chi connectivity index (χ3v) is 5.33. The highest BCUT2D eigenvalue weighted by molar-refractivity contribution is 5.92. The van der Waals surface area contributed by atoms with E-state index in [1.165, 1.54) is 53.4 Å². The molecular weight excluding hydrogens is 416 g/mol. The lowest BCUT2D eigenvalue weighted by atomic mass is 9.93. The van der Waals surface area contributed by atoms with Gasteiger partial charge in [-0.1, -0.05) is 24.3 Å². The second-order valence-electron chi connectivity index (χ2n) is 7.29. The van der Waals surface area contributed by atoms with Gasteiger partial charge >= 0.3 is 12.1 Å². The van der Waals surface area contributed by atoms with Crippen LogP contribution in [-0.4, -0.2) is 27.2 Å². The highest BCUT2D eigenvalue weighted by Gasteiger charge is 2.38. The zero-order valence-corrected chi connectivity index (χ0v) is 16.6. The highest BCUT2D eigenvalue weighted by atomic mass is 16.6. The van der Waals surface area contributed by atoms with Crippen LogP contribution < -0.4 is 4.90 Å². The lowest BCUT2D eigenvalue weighted by molar-refractivity contribution is -0.384. The van der Waals surface area contributed by atoms with Gasteiger partial charge in [-0.25, -0.2) is 9.59 Å². The number of amides is 1. The van der Waals surface area contributed by atoms with Crippen LogP contribution in [0.4, 0.5) is 16.2 Å². The normalized spacial score (nSPS) is 18.1. The molecule has 1 amide bonds. The van der Waals surface area contributed by atoms with Crippen molar-refractivity contribution in [3.63, 3.8) is 0 Å². The predicted molar refractivity (Wildman–Crippen MR) is 114 cm³/mol. The number of carbonyl (C=O) groups excluding carboxylic acids is 1. The molecule has 2 N–H and O–H groups in total. The van der Waals surface area contributed by atoms with Crippen molar-refractivity contribution in [2.45, 2.75) is 18.6 Å². The number of nitro benzene ring substituents is 1. The van der Waals surface area contributed by atoms with Crippen molar-refractivity contribution in [3.8, 4) is 5.75 Å². The molecular formula is C23H18N2O7. The summed E-state index contributed by atoms with van der Waals surface area (Å²) in [4.78, 5) is 36.2. The van der Waals surface area contributed by atoms with E-state index in [0.717, 1.165) is 0 Å². The number of phenols is 1. The Morgan fingerprint density at radius 2 is 1.56 bits per heavy atom. The van der Waals surface area contributed by atoms with Crippen LogP contribution in [0.5, 0.6) is 5.75 Å². The van der Waals surface area contributed by atoms with E-state index in [0.29, 0.717) is 23.2 Å². The smallest absolute Gasteiger partial charge is 0.415 e. The largest absolute Gasteiger partial charge is 0.508 e. The van der Waals surface area contributed by atoms with Crippen molar-refractivity contribution in [2.24, 2.45) is 0 Å². The maximum absolute atomic E-state index is 13.1. The summed E-state index contributed by atoms with van der Waals surface area (Å²) in [6.07, 6.45) is -0.895. The maximum Gasteiger partial charge on any atom is 0.415 e. The number of nitrogens with zero attached hydrogens (tertiary/aromatic N) is 2. The molecule has 1 heterocycles. The van der Waals surface area contributed by atoms with E-state index < -0.39 is 29.1 Å². The minimum atomic E-state index is -1.09. The van der Waals surface area contributed by atoms with Gasteiger partial charge < -0.3 is 14.9 Å². The van der Waals surface area contributed by atoms with E-state index in [4.69, 9.17) is 9.84 Å². The zero-order valence-electron chi connectivity index (χ0n) is 16.6. The maximum atomic E-state index is 13.1. The van der Waals surface area contributed by atoms with Gasteiger partial charge in [0.1, 0.15) is 11.9 Å². The number of phenolic OH excluding ortho intramolecular Hbond substituents is 1. The molecule has 3 aromatic carbocycles. The summed E-state index contributed by atoms with van der Waals surface area (Å²) in [6, 6.07) is 17.6. The van der Waals surface area contributed by atoms with Crippen molar-refractivity contribution < 1.29 is 29.5 Å². The third-order valence-electron chi connectivity index (χ3n) is 5.33. The minimum Gasteiger partial charge on any atom is -0.508 e. The number of hydrogen-bond acceptors (Lipinski definition) is 6. The number of rotatable bonds is 5. The topological polar surface area (TPSA) is 130 Å². The van der Waals surface area contributed by atoms with Gasteiger partial charge in [0.2, 0.25) is 0 Å². The highest BCUT2D eigenvalue weighted by Crippen LogP contribution is 2.42. The molecule has 1 saturated heterocycles. The zero-order chi connectivity index (χ0) is 22.8. The number of nitro groups is 1. The van der Waals surface area contributed by atoms with Gasteiger partial charge in [0.15, 0.2) is 0 Å². The van der Waals surface area contributed by atoms with Gasteiger partial charge in [-0.2, -0.15) is 0 Å². The van der Waals surface area contributed by atoms with Crippen molar-refractivity contribution in [1.82, 2.24) is 0 Å². The Hall–Kier alpha value is -4.40. The third kappa shape index (κ3) is 4.08. The summed E-state index contributed by atoms with van der Waals surface area (Å²) in [5.74, 6) is -1.000. The van der Waals surface area contributed by atoms with Crippen LogP contribution in [0.1, 0.15) is 40.1 Å². The molecule has 1 aliphatic heterocycles. The summed E-state index contributed by atoms with van der Waals surface area (Å²) in [5, 5.41) is 29.7. The standard InChI is InChI=1S/C23H18N2O7/c26-19-11-5-15(6-12-19)21-13-20(14-1-9-18(10-2-14)25(30)31)24(23(29)32-21)17-7-3-16(4-8-17)22(27)28/h1-12,20-21,26H,13H2,(H,27,28). The van der Waals surface area contributed by atoms with E-state index in [-0.39, 0.29) is 17.0 Å². The Balaban J connectivity index is 1.73. The average molecular weight is 434 g/mol. The van der Waals surface area contributed by atoms with Crippen LogP contribution in [-0.2, 0) is 4.74 Å². The molecule has 2 unspecified atom stereocenters. The lowest BCUT2D eigenvalue weighted by Crippen LogP contribution is -2.41. The van der Waals surface area contributed by atoms with Crippen LogP contribution in [0.25, 0.3) is 0 Å². The summed E-state index contributed by atoms with van der Waals surface area (Å²) in [7, 11) is 0. The molecule has 162 valence electrons. The molecule has 9 nitrogen and oxygen atoms in total. The Bertz CT molecular complexity index is 1160. The number of carboxylic acids is 1. The molecule has 1 fully saturated rings. The number of benzene rings is 3. The number of carboxylic acid groups (broad SMARTS) is 1. The molecule has 9 heteroatoms. The molecule has 0 spiro atoms. The molecule has 0 aliphatic carbocycles. The molecule has 0 aromatic heterocycles. The van der Waals surface area contributed by atoms with E-state index in [1.54, 1.807) is 24.3 Å². The minimum absolute atomic E-state index is 0.0698. The van der Waals surface area contributed by atoms with Crippen molar-refractivity contribution in [2.75, 3.05) is 4.90 Å². The number of carbonyl (C=O) groups is 2. The first kappa shape index (κ1) is 20.9. The van der Waals surface area contributed by atoms with Crippen LogP contribution in [0.3, 0.4) is 0 Å². The van der Waals surface area contributed by atoms with Crippen LogP contribution in [0.15, 0.2) is 72.8 Å². The average Bonchev–Trinajstić information content (AvgIpc) is 2.79. The van der Waals surface area contributed by atoms with Gasteiger partial charge in [-0.05, 0) is 47.5 Å². The van der Waals surface area contributed by atoms with Crippen molar-refractivity contribution in [3.05, 3.63) is 99.6 Å². The number of ether oxygens (including phenoxy) is 1. The summed E-state index contributed by atoms with van der Waals surface area (Å²) in [5.41, 5.74) is 1.81. The monoisotopic (exact) mass is 434 g/mol. The number of non-ortho nitro benzene ring substituents is 1. The number of aromatic carboxylic acids is 1. The van der Waals surface area contributed by atoms with Gasteiger partial charge in [0.25, 0.3) is 5.69 Å². The number of hydrogen-bond donors (Lipinski definition) is 2. The lowest BCUT2D eigenvalue weighted by Gasteiger charge is -2.39. The first-order valence-corrected chi connectivity index (χ1v) is 9.70. The molecule has 2 atom stereocenters. The fourth-order valence-corrected chi connectivity index (χ4v) is 3.71. The van der Waals surface area contributed by atoms with Gasteiger partial charge in [0, 0.05) is 24.2 Å². The van der Waals surface area contributed by atoms with E-state index >= 15 is 0 Å². The van der Waals surface area contributed by atoms with Crippen molar-refractivity contribution >= 4 is 23.4 Å². The fraction of sp³-hybridized carbons (Fsp3) is 0.130. The molecule has 0 bridgehead atoms. The van der Waals surface area contributed by atoms with E-state index in [1.807, 2.05) is 0 Å². The van der Waals surface area contributed by atoms with Crippen LogP contribution in [0.2, 0.25) is 0 Å². The molecule has 4 rings (SSSR count). The first-order chi connectivity index (χ1) is 15.3. The Kier molecular flexibility index (Phi) is 5.46. The van der Waals surface area contributed by atoms with Gasteiger partial charge in [0.05, 0.1) is 16.5 Å². The van der Waals surface area contributed by atoms with E-state index in [2.05, 4.69) is 0 Å². The second-order valence-corrected chi connectivity index (χ2v) is 7.29. The quantitative estimate of drug-likeness (QED) is 0.434. The predicted octanol–water partition coefficient (Wildman–Crippen LogP) is 4.83. The van der Waals surface area contributed by atoms with Gasteiger partial charge in [-0.3, -0.25) is 15.0 Å². The summed E-state index contributed by atoms with van der Waals surface area (Å²) in [6.45, 7) is 0. The molecule has 1 aliphatic rings. The Labute approximate surface area is 182 Å². The molecule has 32 heavy (non-hydrogen) atoms. The SMILES string of the molecule is O=C(O)c1ccc(N2C(=O)OC(c3ccc(O)cc3)CC2c2ccc([N+](=O)[O-])cc2)cc1. The molecule has 0 radical (unpaired) electrons. The number of cyclic esters (lactones) is 1. The van der Waals surface area contributed by atoms with Crippen LogP contribution >= 0.6 is 0 Å². The number of anilines is 1. The second kappa shape index (κ2) is 8.38. The first-order valence-electron chi connectivity index (χ1n) is 9.70. The van der Waals surface area contributed by atoms with Gasteiger partial charge in [-0.15, -0.1) is 0 Å². The Morgan fingerprint density at radius 1 is 0.969 bits per heavy atom. The number of aromatic hydroxyl groups is 1. The van der Waals surface area contributed by atoms with E-state index in [9.17, 15) is 24.8 Å². The summed E-state index contributed by atoms with van der Waals surface area (Å²) < 4.78 is 5.65. The van der Waals surface area contributed by atoms with Crippen molar-refractivity contribution in [1.29, 1.82) is 0 Å².